The van der Waals surface area contributed by atoms with Gasteiger partial charge in [0, 0.05) is 0 Å². The van der Waals surface area contributed by atoms with Crippen molar-refractivity contribution < 1.29 is 0 Å². The molecule has 0 N–H and O–H groups in total. The molecular formula is C2H4N4S. The molecule has 0 aromatic carbocycles. The summed E-state index contributed by atoms with van der Waals surface area (Å²) in [7, 11) is 1.69. The van der Waals surface area contributed by atoms with Gasteiger partial charge < -0.3 is 0 Å². The van der Waals surface area contributed by atoms with E-state index in [-0.39, 0.29) is 0 Å². The van der Waals surface area contributed by atoms with Gasteiger partial charge in [0.05, 0.1) is 7.05 Å². The van der Waals surface area contributed by atoms with Crippen LogP contribution in [0.2, 0.25) is 0 Å². The van der Waals surface area contributed by atoms with Crippen LogP contribution in [0.1, 0.15) is 0 Å². The summed E-state index contributed by atoms with van der Waals surface area (Å²) in [5.41, 5.74) is 0. The Morgan fingerprint density at radius 1 is 1.71 bits per heavy atom. The van der Waals surface area contributed by atoms with Crippen molar-refractivity contribution >= 4 is 12.6 Å². The first kappa shape index (κ1) is 4.58. The summed E-state index contributed by atoms with van der Waals surface area (Å²) in [5, 5.41) is 11.1. The standard InChI is InChI=1S/C2H4N4S/c1-6-4-2(7)3-5-6/h1H3,(H,4,7). The van der Waals surface area contributed by atoms with E-state index in [9.17, 15) is 0 Å². The predicted octanol–water partition coefficient (Wildman–Crippen LogP) is -0.501. The van der Waals surface area contributed by atoms with Crippen LogP contribution in [0.5, 0.6) is 0 Å². The van der Waals surface area contributed by atoms with Crippen LogP contribution >= 0.6 is 12.6 Å². The fourth-order valence-corrected chi connectivity index (χ4v) is 0.444. The molecule has 1 rings (SSSR count). The third-order valence-corrected chi connectivity index (χ3v) is 0.677. The third-order valence-electron chi connectivity index (χ3n) is 0.498. The minimum Gasteiger partial charge on any atom is -0.166 e. The zero-order chi connectivity index (χ0) is 5.28. The van der Waals surface area contributed by atoms with E-state index >= 15 is 0 Å². The highest BCUT2D eigenvalue weighted by Crippen LogP contribution is 1.86. The summed E-state index contributed by atoms with van der Waals surface area (Å²) >= 11 is 3.80. The van der Waals surface area contributed by atoms with Crippen molar-refractivity contribution in [3.05, 3.63) is 0 Å². The largest absolute Gasteiger partial charge is 0.228 e. The van der Waals surface area contributed by atoms with E-state index in [1.165, 1.54) is 4.80 Å². The highest BCUT2D eigenvalue weighted by atomic mass is 32.1. The number of rotatable bonds is 0. The Hall–Kier alpha value is -0.580. The van der Waals surface area contributed by atoms with Crippen molar-refractivity contribution in [2.75, 3.05) is 0 Å². The molecule has 38 valence electrons. The molecule has 1 aromatic rings. The first-order valence-electron chi connectivity index (χ1n) is 1.72. The van der Waals surface area contributed by atoms with Crippen LogP contribution in [0.25, 0.3) is 0 Å². The molecule has 0 saturated heterocycles. The van der Waals surface area contributed by atoms with Gasteiger partial charge >= 0.3 is 0 Å². The minimum atomic E-state index is 0.405. The van der Waals surface area contributed by atoms with Gasteiger partial charge in [-0.05, 0) is 5.21 Å². The van der Waals surface area contributed by atoms with Gasteiger partial charge in [-0.25, -0.2) is 0 Å². The highest BCUT2D eigenvalue weighted by molar-refractivity contribution is 7.80. The van der Waals surface area contributed by atoms with Gasteiger partial charge in [-0.2, -0.15) is 4.80 Å². The molecule has 0 bridgehead atoms. The average Bonchev–Trinajstić information content (AvgIpc) is 1.87. The number of tetrazole rings is 1. The maximum Gasteiger partial charge on any atom is 0.228 e. The summed E-state index contributed by atoms with van der Waals surface area (Å²) in [6.07, 6.45) is 0. The lowest BCUT2D eigenvalue weighted by Crippen LogP contribution is -1.91. The molecule has 7 heavy (non-hydrogen) atoms. The average molecular weight is 116 g/mol. The van der Waals surface area contributed by atoms with E-state index in [2.05, 4.69) is 28.0 Å². The van der Waals surface area contributed by atoms with Crippen molar-refractivity contribution in [3.63, 3.8) is 0 Å². The molecule has 0 saturated carbocycles. The van der Waals surface area contributed by atoms with E-state index in [1.54, 1.807) is 7.05 Å². The quantitative estimate of drug-likeness (QED) is 0.465. The van der Waals surface area contributed by atoms with Crippen molar-refractivity contribution in [2.45, 2.75) is 5.16 Å². The SMILES string of the molecule is Cn1nnc(S)n1. The van der Waals surface area contributed by atoms with Crippen molar-refractivity contribution in [1.29, 1.82) is 0 Å². The van der Waals surface area contributed by atoms with E-state index in [0.29, 0.717) is 5.16 Å². The molecule has 0 aliphatic carbocycles. The predicted molar refractivity (Wildman–Crippen MR) is 26.0 cm³/mol. The molecule has 0 unspecified atom stereocenters. The fourth-order valence-electron chi connectivity index (χ4n) is 0.274. The Bertz CT molecular complexity index is 142. The smallest absolute Gasteiger partial charge is 0.166 e. The van der Waals surface area contributed by atoms with Crippen LogP contribution in [0, 0.1) is 0 Å². The first-order chi connectivity index (χ1) is 3.29. The fraction of sp³-hybridized carbons (Fsp3) is 0.500. The molecule has 0 spiro atoms. The molecule has 1 aromatic heterocycles. The highest BCUT2D eigenvalue weighted by Gasteiger charge is 1.86. The van der Waals surface area contributed by atoms with Crippen LogP contribution < -0.4 is 0 Å². The molecule has 0 fully saturated rings. The van der Waals surface area contributed by atoms with Crippen molar-refractivity contribution in [1.82, 2.24) is 20.2 Å². The topological polar surface area (TPSA) is 43.6 Å². The monoisotopic (exact) mass is 116 g/mol. The lowest BCUT2D eigenvalue weighted by molar-refractivity contribution is 0.626. The lowest BCUT2D eigenvalue weighted by atomic mass is 11.4. The van der Waals surface area contributed by atoms with E-state index in [0.717, 1.165) is 0 Å². The van der Waals surface area contributed by atoms with Gasteiger partial charge in [0.1, 0.15) is 0 Å². The number of aryl methyl sites for hydroxylation is 1. The maximum absolute atomic E-state index is 3.80. The Balaban J connectivity index is 3.04. The van der Waals surface area contributed by atoms with Gasteiger partial charge in [0.2, 0.25) is 5.16 Å². The van der Waals surface area contributed by atoms with Gasteiger partial charge in [0.25, 0.3) is 0 Å². The molecule has 0 radical (unpaired) electrons. The van der Waals surface area contributed by atoms with E-state index in [1.807, 2.05) is 0 Å². The molecule has 0 atom stereocenters. The van der Waals surface area contributed by atoms with E-state index < -0.39 is 0 Å². The summed E-state index contributed by atoms with van der Waals surface area (Å²) in [4.78, 5) is 1.35. The third kappa shape index (κ3) is 0.894. The molecule has 4 nitrogen and oxygen atoms in total. The lowest BCUT2D eigenvalue weighted by Gasteiger charge is -1.73. The summed E-state index contributed by atoms with van der Waals surface area (Å²) in [5.74, 6) is 0. The molecular weight excluding hydrogens is 112 g/mol. The summed E-state index contributed by atoms with van der Waals surface area (Å²) in [6.45, 7) is 0. The molecule has 0 amide bonds. The zero-order valence-electron chi connectivity index (χ0n) is 3.74. The van der Waals surface area contributed by atoms with Crippen LogP contribution in [-0.2, 0) is 7.05 Å². The minimum absolute atomic E-state index is 0.405. The Labute approximate surface area is 45.9 Å². The normalized spacial score (nSPS) is 9.43. The van der Waals surface area contributed by atoms with Gasteiger partial charge in [-0.3, -0.25) is 0 Å². The number of nitrogens with zero attached hydrogens (tertiary/aromatic N) is 4. The summed E-state index contributed by atoms with van der Waals surface area (Å²) < 4.78 is 0. The zero-order valence-corrected chi connectivity index (χ0v) is 4.63. The number of thiol groups is 1. The van der Waals surface area contributed by atoms with Gasteiger partial charge in [-0.1, -0.05) is 12.6 Å². The molecule has 1 heterocycles. The van der Waals surface area contributed by atoms with Gasteiger partial charge in [-0.15, -0.1) is 10.2 Å². The second kappa shape index (κ2) is 1.49. The molecule has 0 aliphatic heterocycles. The van der Waals surface area contributed by atoms with Crippen LogP contribution in [0.3, 0.4) is 0 Å². The number of hydrogen-bond donors (Lipinski definition) is 1. The van der Waals surface area contributed by atoms with Gasteiger partial charge in [0.15, 0.2) is 0 Å². The Kier molecular flexibility index (Phi) is 0.976. The first-order valence-corrected chi connectivity index (χ1v) is 2.17. The second-order valence-corrected chi connectivity index (χ2v) is 1.48. The second-order valence-electron chi connectivity index (χ2n) is 1.08. The van der Waals surface area contributed by atoms with Crippen LogP contribution in [-0.4, -0.2) is 20.2 Å². The van der Waals surface area contributed by atoms with E-state index in [4.69, 9.17) is 0 Å². The Morgan fingerprint density at radius 3 is 2.57 bits per heavy atom. The Morgan fingerprint density at radius 2 is 2.43 bits per heavy atom. The molecule has 0 aliphatic rings. The maximum atomic E-state index is 3.80. The number of aromatic nitrogens is 4. The van der Waals surface area contributed by atoms with Crippen molar-refractivity contribution in [2.24, 2.45) is 7.05 Å². The summed E-state index contributed by atoms with van der Waals surface area (Å²) in [6, 6.07) is 0. The van der Waals surface area contributed by atoms with Crippen LogP contribution in [0.15, 0.2) is 5.16 Å². The van der Waals surface area contributed by atoms with Crippen LogP contribution in [0.4, 0.5) is 0 Å². The van der Waals surface area contributed by atoms with Crippen molar-refractivity contribution in [3.8, 4) is 0 Å². The number of hydrogen-bond acceptors (Lipinski definition) is 4. The molecule has 5 heteroatoms.